The van der Waals surface area contributed by atoms with Crippen molar-refractivity contribution in [3.63, 3.8) is 0 Å². The zero-order valence-electron chi connectivity index (χ0n) is 9.07. The van der Waals surface area contributed by atoms with Crippen molar-refractivity contribution in [3.8, 4) is 0 Å². The first-order chi connectivity index (χ1) is 7.15. The Hall–Kier alpha value is -1.00. The number of rotatable bonds is 5. The molecule has 0 saturated heterocycles. The molecule has 0 aromatic carbocycles. The van der Waals surface area contributed by atoms with Crippen LogP contribution in [0.2, 0.25) is 0 Å². The number of aliphatic hydroxyl groups excluding tert-OH is 1. The molecule has 1 unspecified atom stereocenters. The number of hydrogen-bond acceptors (Lipinski definition) is 3. The minimum atomic E-state index is -0.390. The van der Waals surface area contributed by atoms with E-state index >= 15 is 0 Å². The SMILES string of the molecule is CC[C@@H](O)CNC(C)c1ncccc1F. The maximum atomic E-state index is 13.3. The number of nitrogens with zero attached hydrogens (tertiary/aromatic N) is 1. The van der Waals surface area contributed by atoms with Gasteiger partial charge in [0, 0.05) is 18.8 Å². The lowest BCUT2D eigenvalue weighted by molar-refractivity contribution is 0.163. The largest absolute Gasteiger partial charge is 0.392 e. The van der Waals surface area contributed by atoms with Crippen LogP contribution in [-0.4, -0.2) is 22.7 Å². The first-order valence-corrected chi connectivity index (χ1v) is 5.17. The van der Waals surface area contributed by atoms with Gasteiger partial charge in [0.05, 0.1) is 11.8 Å². The third kappa shape index (κ3) is 3.57. The van der Waals surface area contributed by atoms with Crippen molar-refractivity contribution in [1.29, 1.82) is 0 Å². The zero-order chi connectivity index (χ0) is 11.3. The standard InChI is InChI=1S/C11H17FN2O/c1-3-9(15)7-14-8(2)11-10(12)5-4-6-13-11/h4-6,8-9,14-15H,3,7H2,1-2H3/t8?,9-/m1/s1. The Bertz CT molecular complexity index is 306. The maximum absolute atomic E-state index is 13.3. The molecule has 0 bridgehead atoms. The molecule has 2 atom stereocenters. The second kappa shape index (κ2) is 5.78. The number of hydrogen-bond donors (Lipinski definition) is 2. The molecule has 3 nitrogen and oxygen atoms in total. The van der Waals surface area contributed by atoms with Crippen molar-refractivity contribution >= 4 is 0 Å². The van der Waals surface area contributed by atoms with Crippen LogP contribution in [0.25, 0.3) is 0 Å². The molecule has 1 rings (SSSR count). The van der Waals surface area contributed by atoms with Crippen molar-refractivity contribution < 1.29 is 9.50 Å². The summed E-state index contributed by atoms with van der Waals surface area (Å²) in [6.45, 7) is 4.18. The second-order valence-corrected chi connectivity index (χ2v) is 3.56. The predicted octanol–water partition coefficient (Wildman–Crippen LogP) is 1.64. The Morgan fingerprint density at radius 3 is 2.93 bits per heavy atom. The van der Waals surface area contributed by atoms with Crippen LogP contribution in [0.4, 0.5) is 4.39 Å². The number of pyridine rings is 1. The smallest absolute Gasteiger partial charge is 0.146 e. The van der Waals surface area contributed by atoms with E-state index in [1.54, 1.807) is 12.3 Å². The van der Waals surface area contributed by atoms with Gasteiger partial charge >= 0.3 is 0 Å². The van der Waals surface area contributed by atoms with E-state index in [1.165, 1.54) is 6.07 Å². The van der Waals surface area contributed by atoms with E-state index in [2.05, 4.69) is 10.3 Å². The molecule has 1 aromatic rings. The molecular formula is C11H17FN2O. The molecule has 0 amide bonds. The summed E-state index contributed by atoms with van der Waals surface area (Å²) >= 11 is 0. The Balaban J connectivity index is 2.54. The minimum Gasteiger partial charge on any atom is -0.392 e. The molecule has 0 radical (unpaired) electrons. The van der Waals surface area contributed by atoms with Gasteiger partial charge in [-0.15, -0.1) is 0 Å². The summed E-state index contributed by atoms with van der Waals surface area (Å²) in [7, 11) is 0. The fourth-order valence-electron chi connectivity index (χ4n) is 1.27. The summed E-state index contributed by atoms with van der Waals surface area (Å²) in [5.41, 5.74) is 0.390. The van der Waals surface area contributed by atoms with Crippen molar-refractivity contribution in [1.82, 2.24) is 10.3 Å². The third-order valence-electron chi connectivity index (χ3n) is 2.33. The van der Waals surface area contributed by atoms with E-state index in [0.717, 1.165) is 0 Å². The van der Waals surface area contributed by atoms with Crippen LogP contribution in [0.3, 0.4) is 0 Å². The summed E-state index contributed by atoms with van der Waals surface area (Å²) in [5.74, 6) is -0.316. The van der Waals surface area contributed by atoms with Gasteiger partial charge < -0.3 is 10.4 Å². The van der Waals surface area contributed by atoms with Gasteiger partial charge in [0.15, 0.2) is 0 Å². The maximum Gasteiger partial charge on any atom is 0.146 e. The van der Waals surface area contributed by atoms with Crippen LogP contribution in [0.5, 0.6) is 0 Å². The summed E-state index contributed by atoms with van der Waals surface area (Å²) in [4.78, 5) is 3.96. The van der Waals surface area contributed by atoms with Crippen LogP contribution < -0.4 is 5.32 Å². The average molecular weight is 212 g/mol. The van der Waals surface area contributed by atoms with Gasteiger partial charge in [0.25, 0.3) is 0 Å². The van der Waals surface area contributed by atoms with Gasteiger partial charge in [0.1, 0.15) is 5.82 Å². The molecule has 0 spiro atoms. The van der Waals surface area contributed by atoms with E-state index in [1.807, 2.05) is 13.8 Å². The first-order valence-electron chi connectivity index (χ1n) is 5.17. The highest BCUT2D eigenvalue weighted by Crippen LogP contribution is 2.12. The lowest BCUT2D eigenvalue weighted by atomic mass is 10.2. The average Bonchev–Trinajstić information content (AvgIpc) is 2.26. The topological polar surface area (TPSA) is 45.1 Å². The molecular weight excluding hydrogens is 195 g/mol. The second-order valence-electron chi connectivity index (χ2n) is 3.56. The van der Waals surface area contributed by atoms with Crippen LogP contribution in [0.1, 0.15) is 32.0 Å². The summed E-state index contributed by atoms with van der Waals surface area (Å²) in [6.07, 6.45) is 1.86. The molecule has 0 aliphatic heterocycles. The van der Waals surface area contributed by atoms with E-state index in [-0.39, 0.29) is 18.0 Å². The van der Waals surface area contributed by atoms with Crippen molar-refractivity contribution in [3.05, 3.63) is 29.8 Å². The number of aliphatic hydroxyl groups is 1. The van der Waals surface area contributed by atoms with Gasteiger partial charge in [-0.25, -0.2) is 4.39 Å². The van der Waals surface area contributed by atoms with Crippen molar-refractivity contribution in [2.75, 3.05) is 6.54 Å². The summed E-state index contributed by atoms with van der Waals surface area (Å²) in [6, 6.07) is 2.76. The molecule has 15 heavy (non-hydrogen) atoms. The Kier molecular flexibility index (Phi) is 4.65. The molecule has 0 fully saturated rings. The van der Waals surface area contributed by atoms with E-state index in [9.17, 15) is 9.50 Å². The highest BCUT2D eigenvalue weighted by Gasteiger charge is 2.12. The third-order valence-corrected chi connectivity index (χ3v) is 2.33. The molecule has 0 aliphatic carbocycles. The van der Waals surface area contributed by atoms with Crippen LogP contribution in [0.15, 0.2) is 18.3 Å². The molecule has 0 saturated carbocycles. The fraction of sp³-hybridized carbons (Fsp3) is 0.545. The Morgan fingerprint density at radius 1 is 1.60 bits per heavy atom. The Labute approximate surface area is 89.4 Å². The van der Waals surface area contributed by atoms with E-state index in [0.29, 0.717) is 18.7 Å². The number of nitrogens with one attached hydrogen (secondary N) is 1. The number of halogens is 1. The van der Waals surface area contributed by atoms with Gasteiger partial charge in [-0.1, -0.05) is 6.92 Å². The van der Waals surface area contributed by atoms with Gasteiger partial charge in [0.2, 0.25) is 0 Å². The van der Waals surface area contributed by atoms with Crippen LogP contribution in [-0.2, 0) is 0 Å². The molecule has 1 aromatic heterocycles. The van der Waals surface area contributed by atoms with Gasteiger partial charge in [-0.2, -0.15) is 0 Å². The summed E-state index contributed by atoms with van der Waals surface area (Å²) in [5, 5.41) is 12.4. The van der Waals surface area contributed by atoms with E-state index < -0.39 is 0 Å². The lowest BCUT2D eigenvalue weighted by Crippen LogP contribution is -2.29. The normalized spacial score (nSPS) is 14.9. The number of aromatic nitrogens is 1. The molecule has 84 valence electrons. The predicted molar refractivity (Wildman–Crippen MR) is 56.9 cm³/mol. The quantitative estimate of drug-likeness (QED) is 0.780. The van der Waals surface area contributed by atoms with Crippen LogP contribution in [0, 0.1) is 5.82 Å². The summed E-state index contributed by atoms with van der Waals surface area (Å²) < 4.78 is 13.3. The van der Waals surface area contributed by atoms with Crippen LogP contribution >= 0.6 is 0 Å². The fourth-order valence-corrected chi connectivity index (χ4v) is 1.27. The molecule has 2 N–H and O–H groups in total. The van der Waals surface area contributed by atoms with Crippen molar-refractivity contribution in [2.45, 2.75) is 32.4 Å². The highest BCUT2D eigenvalue weighted by atomic mass is 19.1. The van der Waals surface area contributed by atoms with E-state index in [4.69, 9.17) is 0 Å². The van der Waals surface area contributed by atoms with Gasteiger partial charge in [-0.3, -0.25) is 4.98 Å². The molecule has 1 heterocycles. The van der Waals surface area contributed by atoms with Crippen molar-refractivity contribution in [2.24, 2.45) is 0 Å². The Morgan fingerprint density at radius 2 is 2.33 bits per heavy atom. The first kappa shape index (κ1) is 12.1. The zero-order valence-corrected chi connectivity index (χ0v) is 9.07. The minimum absolute atomic E-state index is 0.188. The highest BCUT2D eigenvalue weighted by molar-refractivity contribution is 5.10. The lowest BCUT2D eigenvalue weighted by Gasteiger charge is -2.16. The van der Waals surface area contributed by atoms with Gasteiger partial charge in [-0.05, 0) is 25.5 Å². The monoisotopic (exact) mass is 212 g/mol. The molecule has 4 heteroatoms. The molecule has 0 aliphatic rings.